The van der Waals surface area contributed by atoms with Gasteiger partial charge < -0.3 is 14.8 Å². The average molecular weight is 360 g/mol. The van der Waals surface area contributed by atoms with Crippen LogP contribution in [0.4, 0.5) is 0 Å². The van der Waals surface area contributed by atoms with E-state index in [9.17, 15) is 4.79 Å². The van der Waals surface area contributed by atoms with Crippen molar-refractivity contribution in [2.75, 3.05) is 34.4 Å². The lowest BCUT2D eigenvalue weighted by Crippen LogP contribution is -2.50. The monoisotopic (exact) mass is 360 g/mol. The summed E-state index contributed by atoms with van der Waals surface area (Å²) in [6.07, 6.45) is 5.72. The first kappa shape index (κ1) is 19.3. The molecule has 5 nitrogen and oxygen atoms in total. The van der Waals surface area contributed by atoms with E-state index in [0.717, 1.165) is 37.9 Å². The fourth-order valence-electron chi connectivity index (χ4n) is 4.72. The Bertz CT molecular complexity index is 609. The third-order valence-corrected chi connectivity index (χ3v) is 6.26. The van der Waals surface area contributed by atoms with Crippen molar-refractivity contribution in [1.82, 2.24) is 10.2 Å². The molecule has 1 aromatic carbocycles. The molecule has 2 unspecified atom stereocenters. The molecule has 0 radical (unpaired) electrons. The summed E-state index contributed by atoms with van der Waals surface area (Å²) in [5.41, 5.74) is 2.46. The van der Waals surface area contributed by atoms with Crippen LogP contribution in [0.15, 0.2) is 24.3 Å². The smallest absolute Gasteiger partial charge is 0.224 e. The topological polar surface area (TPSA) is 50.8 Å². The van der Waals surface area contributed by atoms with Crippen LogP contribution in [0, 0.1) is 0 Å². The van der Waals surface area contributed by atoms with Crippen LogP contribution in [0.5, 0.6) is 0 Å². The molecule has 1 saturated carbocycles. The molecule has 1 aromatic rings. The van der Waals surface area contributed by atoms with Gasteiger partial charge in [-0.25, -0.2) is 0 Å². The van der Waals surface area contributed by atoms with Gasteiger partial charge in [-0.3, -0.25) is 9.69 Å². The fourth-order valence-corrected chi connectivity index (χ4v) is 4.72. The van der Waals surface area contributed by atoms with Crippen molar-refractivity contribution < 1.29 is 14.3 Å². The van der Waals surface area contributed by atoms with Gasteiger partial charge in [0, 0.05) is 46.1 Å². The Morgan fingerprint density at radius 2 is 1.92 bits per heavy atom. The standard InChI is InChI=1S/C21H32N2O3/c1-22-20(24)14-16-8-4-5-9-17(16)18-10-11-21(25-2,26-3)15-19(18)23-12-6-7-13-23/h4-5,8-9,18-19H,6-7,10-15H2,1-3H3,(H,22,24). The molecular formula is C21H32N2O3. The average Bonchev–Trinajstić information content (AvgIpc) is 3.22. The van der Waals surface area contributed by atoms with Gasteiger partial charge in [-0.05, 0) is 43.5 Å². The minimum absolute atomic E-state index is 0.0640. The minimum Gasteiger partial charge on any atom is -0.359 e. The van der Waals surface area contributed by atoms with Gasteiger partial charge in [0.1, 0.15) is 0 Å². The highest BCUT2D eigenvalue weighted by molar-refractivity contribution is 5.78. The number of nitrogens with zero attached hydrogens (tertiary/aromatic N) is 1. The Balaban J connectivity index is 1.91. The first-order chi connectivity index (χ1) is 12.6. The van der Waals surface area contributed by atoms with Crippen molar-refractivity contribution in [3.05, 3.63) is 35.4 Å². The second kappa shape index (κ2) is 8.51. The SMILES string of the molecule is CNC(=O)Cc1ccccc1C1CCC(OC)(OC)CC1N1CCCC1. The number of benzene rings is 1. The molecule has 26 heavy (non-hydrogen) atoms. The molecule has 1 aliphatic heterocycles. The van der Waals surface area contributed by atoms with Crippen LogP contribution in [0.1, 0.15) is 49.1 Å². The summed E-state index contributed by atoms with van der Waals surface area (Å²) in [5.74, 6) is -0.0130. The first-order valence-electron chi connectivity index (χ1n) is 9.75. The van der Waals surface area contributed by atoms with E-state index in [1.54, 1.807) is 21.3 Å². The van der Waals surface area contributed by atoms with Gasteiger partial charge in [0.25, 0.3) is 0 Å². The molecule has 5 heteroatoms. The molecule has 3 rings (SSSR count). The molecule has 2 atom stereocenters. The largest absolute Gasteiger partial charge is 0.359 e. The maximum Gasteiger partial charge on any atom is 0.224 e. The Morgan fingerprint density at radius 3 is 2.58 bits per heavy atom. The number of hydrogen-bond donors (Lipinski definition) is 1. The van der Waals surface area contributed by atoms with E-state index in [1.807, 2.05) is 6.07 Å². The molecule has 0 bridgehead atoms. The number of methoxy groups -OCH3 is 2. The first-order valence-corrected chi connectivity index (χ1v) is 9.75. The van der Waals surface area contributed by atoms with E-state index in [-0.39, 0.29) is 5.91 Å². The number of amides is 1. The van der Waals surface area contributed by atoms with Gasteiger partial charge in [-0.15, -0.1) is 0 Å². The minimum atomic E-state index is -0.487. The third-order valence-electron chi connectivity index (χ3n) is 6.26. The summed E-state index contributed by atoms with van der Waals surface area (Å²) in [7, 11) is 5.21. The Morgan fingerprint density at radius 1 is 1.23 bits per heavy atom. The lowest BCUT2D eigenvalue weighted by atomic mass is 9.74. The van der Waals surface area contributed by atoms with E-state index in [0.29, 0.717) is 18.4 Å². The van der Waals surface area contributed by atoms with Crippen molar-refractivity contribution in [2.24, 2.45) is 0 Å². The molecule has 0 aromatic heterocycles. The zero-order chi connectivity index (χ0) is 18.6. The number of ether oxygens (including phenoxy) is 2. The molecule has 1 heterocycles. The normalized spacial score (nSPS) is 26.0. The summed E-state index contributed by atoms with van der Waals surface area (Å²) in [5, 5.41) is 2.75. The van der Waals surface area contributed by atoms with Crippen LogP contribution in [0.25, 0.3) is 0 Å². The zero-order valence-corrected chi connectivity index (χ0v) is 16.3. The number of hydrogen-bond acceptors (Lipinski definition) is 4. The van der Waals surface area contributed by atoms with Crippen molar-refractivity contribution in [3.8, 4) is 0 Å². The molecule has 1 N–H and O–H groups in total. The van der Waals surface area contributed by atoms with Crippen molar-refractivity contribution in [1.29, 1.82) is 0 Å². The lowest BCUT2D eigenvalue weighted by Gasteiger charge is -2.46. The fraction of sp³-hybridized carbons (Fsp3) is 0.667. The Kier molecular flexibility index (Phi) is 6.33. The van der Waals surface area contributed by atoms with E-state index in [2.05, 4.69) is 28.4 Å². The number of likely N-dealkylation sites (tertiary alicyclic amines) is 1. The van der Waals surface area contributed by atoms with Gasteiger partial charge in [-0.2, -0.15) is 0 Å². The maximum absolute atomic E-state index is 12.0. The molecule has 1 aliphatic carbocycles. The lowest BCUT2D eigenvalue weighted by molar-refractivity contribution is -0.234. The predicted octanol–water partition coefficient (Wildman–Crippen LogP) is 2.70. The highest BCUT2D eigenvalue weighted by atomic mass is 16.7. The van der Waals surface area contributed by atoms with E-state index < -0.39 is 5.79 Å². The molecule has 0 spiro atoms. The van der Waals surface area contributed by atoms with Crippen LogP contribution in [0.2, 0.25) is 0 Å². The predicted molar refractivity (Wildman–Crippen MR) is 102 cm³/mol. The van der Waals surface area contributed by atoms with Crippen LogP contribution in [-0.2, 0) is 20.7 Å². The summed E-state index contributed by atoms with van der Waals surface area (Å²) < 4.78 is 11.6. The van der Waals surface area contributed by atoms with Crippen molar-refractivity contribution >= 4 is 5.91 Å². The summed E-state index contributed by atoms with van der Waals surface area (Å²) in [6, 6.07) is 8.82. The van der Waals surface area contributed by atoms with E-state index in [1.165, 1.54) is 18.4 Å². The summed E-state index contributed by atoms with van der Waals surface area (Å²) in [4.78, 5) is 14.6. The molecule has 2 aliphatic rings. The number of likely N-dealkylation sites (N-methyl/N-ethyl adjacent to an activating group) is 1. The molecular weight excluding hydrogens is 328 g/mol. The summed E-state index contributed by atoms with van der Waals surface area (Å²) >= 11 is 0. The van der Waals surface area contributed by atoms with Gasteiger partial charge in [0.2, 0.25) is 5.91 Å². The maximum atomic E-state index is 12.0. The second-order valence-electron chi connectivity index (χ2n) is 7.53. The Labute approximate surface area is 157 Å². The molecule has 144 valence electrons. The van der Waals surface area contributed by atoms with Crippen LogP contribution in [-0.4, -0.2) is 57.0 Å². The van der Waals surface area contributed by atoms with Crippen molar-refractivity contribution in [2.45, 2.75) is 56.3 Å². The van der Waals surface area contributed by atoms with Crippen molar-refractivity contribution in [3.63, 3.8) is 0 Å². The highest BCUT2D eigenvalue weighted by Gasteiger charge is 2.45. The molecule has 1 amide bonds. The summed E-state index contributed by atoms with van der Waals surface area (Å²) in [6.45, 7) is 2.28. The number of carbonyl (C=O) groups excluding carboxylic acids is 1. The van der Waals surface area contributed by atoms with E-state index in [4.69, 9.17) is 9.47 Å². The number of carbonyl (C=O) groups is 1. The second-order valence-corrected chi connectivity index (χ2v) is 7.53. The van der Waals surface area contributed by atoms with Crippen LogP contribution in [0.3, 0.4) is 0 Å². The van der Waals surface area contributed by atoms with E-state index >= 15 is 0 Å². The van der Waals surface area contributed by atoms with Gasteiger partial charge in [0.15, 0.2) is 5.79 Å². The quantitative estimate of drug-likeness (QED) is 0.793. The van der Waals surface area contributed by atoms with Gasteiger partial charge in [0.05, 0.1) is 6.42 Å². The van der Waals surface area contributed by atoms with Crippen LogP contribution < -0.4 is 5.32 Å². The Hall–Kier alpha value is -1.43. The number of rotatable bonds is 6. The van der Waals surface area contributed by atoms with Gasteiger partial charge in [-0.1, -0.05) is 24.3 Å². The zero-order valence-electron chi connectivity index (χ0n) is 16.3. The molecule has 2 fully saturated rings. The highest BCUT2D eigenvalue weighted by Crippen LogP contribution is 2.44. The van der Waals surface area contributed by atoms with Gasteiger partial charge >= 0.3 is 0 Å². The number of nitrogens with one attached hydrogen (secondary N) is 1. The van der Waals surface area contributed by atoms with Crippen LogP contribution >= 0.6 is 0 Å². The third kappa shape index (κ3) is 3.95. The molecule has 1 saturated heterocycles.